The third-order valence-corrected chi connectivity index (χ3v) is 8.61. The number of nitrogens with one attached hydrogen (secondary N) is 2. The molecule has 0 saturated heterocycles. The predicted molar refractivity (Wildman–Crippen MR) is 191 cm³/mol. The van der Waals surface area contributed by atoms with Gasteiger partial charge in [0.1, 0.15) is 0 Å². The predicted octanol–water partition coefficient (Wildman–Crippen LogP) is 10.1. The first-order valence-corrected chi connectivity index (χ1v) is 16.1. The molecule has 0 aliphatic rings. The van der Waals surface area contributed by atoms with E-state index in [9.17, 15) is 0 Å². The molecule has 1 unspecified atom stereocenters. The van der Waals surface area contributed by atoms with Crippen molar-refractivity contribution in [3.05, 3.63) is 174 Å². The maximum absolute atomic E-state index is 4.80. The minimum absolute atomic E-state index is 0.0793. The summed E-state index contributed by atoms with van der Waals surface area (Å²) in [4.78, 5) is 0.975. The number of benzene rings is 6. The van der Waals surface area contributed by atoms with Crippen molar-refractivity contribution < 1.29 is 0 Å². The summed E-state index contributed by atoms with van der Waals surface area (Å²) in [5, 5.41) is 2.34. The van der Waals surface area contributed by atoms with Crippen molar-refractivity contribution in [3.63, 3.8) is 0 Å². The summed E-state index contributed by atoms with van der Waals surface area (Å²) in [6, 6.07) is 55.9. The van der Waals surface area contributed by atoms with Crippen molar-refractivity contribution in [1.29, 1.82) is 0 Å². The second-order valence-corrected chi connectivity index (χ2v) is 11.7. The van der Waals surface area contributed by atoms with E-state index in [1.165, 1.54) is 44.5 Å². The zero-order valence-corrected chi connectivity index (χ0v) is 26.5. The first-order chi connectivity index (χ1) is 22.2. The van der Waals surface area contributed by atoms with Gasteiger partial charge in [-0.2, -0.15) is 5.53 Å². The summed E-state index contributed by atoms with van der Waals surface area (Å²) in [6.07, 6.45) is 0.914. The number of thiol groups is 1. The van der Waals surface area contributed by atoms with Crippen LogP contribution in [0.4, 0.5) is 0 Å². The largest absolute Gasteiger partial charge is 0.240 e. The molecule has 6 aromatic carbocycles. The molecule has 0 fully saturated rings. The van der Waals surface area contributed by atoms with E-state index in [0.29, 0.717) is 6.54 Å². The molecule has 3 nitrogen and oxygen atoms in total. The molecular formula is C41H39N3S. The van der Waals surface area contributed by atoms with Crippen molar-refractivity contribution in [2.24, 2.45) is 0 Å². The standard InChI is InChI=1S/C41H39N3S/c1-2-40(39-28-36(38-23-12-13-24-41(38)45)25-26-37(39)34-20-10-5-11-21-34)44(30-31-15-6-3-7-16-31)43-42-29-32-17-14-22-35(27-32)33-18-8-4-9-19-33/h3-28,40,42-43,45H,2,29-30H2,1H3. The van der Waals surface area contributed by atoms with Crippen LogP contribution in [0.2, 0.25) is 0 Å². The summed E-state index contributed by atoms with van der Waals surface area (Å²) in [6.45, 7) is 3.68. The van der Waals surface area contributed by atoms with Crippen molar-refractivity contribution >= 4 is 12.6 Å². The van der Waals surface area contributed by atoms with Crippen LogP contribution in [-0.4, -0.2) is 5.01 Å². The van der Waals surface area contributed by atoms with Gasteiger partial charge in [0.05, 0.1) is 6.04 Å². The molecule has 0 saturated carbocycles. The number of hydrogen-bond donors (Lipinski definition) is 3. The Balaban J connectivity index is 1.34. The van der Waals surface area contributed by atoms with Gasteiger partial charge in [0.2, 0.25) is 0 Å². The topological polar surface area (TPSA) is 27.3 Å². The molecule has 2 N–H and O–H groups in total. The Morgan fingerprint density at radius 2 is 1.18 bits per heavy atom. The lowest BCUT2D eigenvalue weighted by atomic mass is 9.89. The maximum Gasteiger partial charge on any atom is 0.0513 e. The number of hydrazine groups is 2. The van der Waals surface area contributed by atoms with Gasteiger partial charge in [-0.1, -0.05) is 146 Å². The number of rotatable bonds is 12. The van der Waals surface area contributed by atoms with E-state index in [1.54, 1.807) is 0 Å². The highest BCUT2D eigenvalue weighted by molar-refractivity contribution is 7.80. The van der Waals surface area contributed by atoms with Crippen LogP contribution in [0, 0.1) is 0 Å². The van der Waals surface area contributed by atoms with Gasteiger partial charge in [-0.15, -0.1) is 12.6 Å². The molecule has 0 radical (unpaired) electrons. The molecular weight excluding hydrogens is 567 g/mol. The highest BCUT2D eigenvalue weighted by Gasteiger charge is 2.23. The van der Waals surface area contributed by atoms with Gasteiger partial charge in [0.25, 0.3) is 0 Å². The van der Waals surface area contributed by atoms with E-state index in [1.807, 2.05) is 6.07 Å². The van der Waals surface area contributed by atoms with E-state index >= 15 is 0 Å². The molecule has 0 amide bonds. The minimum Gasteiger partial charge on any atom is -0.240 e. The second-order valence-electron chi connectivity index (χ2n) is 11.3. The van der Waals surface area contributed by atoms with E-state index in [2.05, 4.69) is 175 Å². The zero-order valence-electron chi connectivity index (χ0n) is 25.6. The molecule has 0 aliphatic carbocycles. The molecule has 1 atom stereocenters. The average Bonchev–Trinajstić information content (AvgIpc) is 3.10. The summed E-state index contributed by atoms with van der Waals surface area (Å²) in [7, 11) is 0. The van der Waals surface area contributed by atoms with Crippen LogP contribution in [0.5, 0.6) is 0 Å². The third-order valence-electron chi connectivity index (χ3n) is 8.22. The van der Waals surface area contributed by atoms with Crippen molar-refractivity contribution in [3.8, 4) is 33.4 Å². The molecule has 0 bridgehead atoms. The zero-order chi connectivity index (χ0) is 30.8. The van der Waals surface area contributed by atoms with Crippen LogP contribution in [0.1, 0.15) is 36.1 Å². The quantitative estimate of drug-likeness (QED) is 0.0957. The molecule has 45 heavy (non-hydrogen) atoms. The molecule has 224 valence electrons. The van der Waals surface area contributed by atoms with Gasteiger partial charge >= 0.3 is 0 Å². The fourth-order valence-corrected chi connectivity index (χ4v) is 6.24. The van der Waals surface area contributed by atoms with Gasteiger partial charge < -0.3 is 0 Å². The lowest BCUT2D eigenvalue weighted by Gasteiger charge is -2.34. The summed E-state index contributed by atoms with van der Waals surface area (Å²) in [5.74, 6) is 0. The molecule has 4 heteroatoms. The van der Waals surface area contributed by atoms with E-state index < -0.39 is 0 Å². The van der Waals surface area contributed by atoms with Crippen molar-refractivity contribution in [2.45, 2.75) is 37.4 Å². The lowest BCUT2D eigenvalue weighted by Crippen LogP contribution is -2.48. The Hall–Kier alpha value is -4.45. The van der Waals surface area contributed by atoms with Crippen LogP contribution in [0.25, 0.3) is 33.4 Å². The molecule has 6 rings (SSSR count). The minimum atomic E-state index is 0.0793. The van der Waals surface area contributed by atoms with Crippen molar-refractivity contribution in [2.75, 3.05) is 0 Å². The normalized spacial score (nSPS) is 11.9. The summed E-state index contributed by atoms with van der Waals surface area (Å²) in [5.41, 5.74) is 18.1. The third kappa shape index (κ3) is 7.62. The van der Waals surface area contributed by atoms with Gasteiger partial charge in [-0.25, -0.2) is 10.4 Å². The molecule has 0 aliphatic heterocycles. The van der Waals surface area contributed by atoms with Crippen LogP contribution in [0.3, 0.4) is 0 Å². The van der Waals surface area contributed by atoms with Crippen LogP contribution in [-0.2, 0) is 13.1 Å². The second kappa shape index (κ2) is 15.0. The smallest absolute Gasteiger partial charge is 0.0513 e. The Labute approximate surface area is 272 Å². The summed E-state index contributed by atoms with van der Waals surface area (Å²) < 4.78 is 0. The molecule has 0 spiro atoms. The fraction of sp³-hybridized carbons (Fsp3) is 0.122. The van der Waals surface area contributed by atoms with Crippen LogP contribution in [0.15, 0.2) is 163 Å². The fourth-order valence-electron chi connectivity index (χ4n) is 5.95. The Bertz CT molecular complexity index is 1810. The average molecular weight is 606 g/mol. The lowest BCUT2D eigenvalue weighted by molar-refractivity contribution is 0.0809. The van der Waals surface area contributed by atoms with Gasteiger partial charge in [-0.05, 0) is 74.7 Å². The Morgan fingerprint density at radius 3 is 1.89 bits per heavy atom. The molecule has 0 aromatic heterocycles. The van der Waals surface area contributed by atoms with Gasteiger partial charge in [-0.3, -0.25) is 0 Å². The van der Waals surface area contributed by atoms with E-state index in [0.717, 1.165) is 23.4 Å². The molecule has 0 heterocycles. The van der Waals surface area contributed by atoms with Crippen molar-refractivity contribution in [1.82, 2.24) is 16.0 Å². The monoisotopic (exact) mass is 605 g/mol. The van der Waals surface area contributed by atoms with Crippen LogP contribution >= 0.6 is 12.6 Å². The Kier molecular flexibility index (Phi) is 10.2. The summed E-state index contributed by atoms with van der Waals surface area (Å²) >= 11 is 4.80. The SMILES string of the molecule is CCC(c1cc(-c2ccccc2S)ccc1-c1ccccc1)N(Cc1ccccc1)NNCc1cccc(-c2ccccc2)c1. The highest BCUT2D eigenvalue weighted by atomic mass is 32.1. The van der Waals surface area contributed by atoms with E-state index in [4.69, 9.17) is 12.6 Å². The highest BCUT2D eigenvalue weighted by Crippen LogP contribution is 2.38. The maximum atomic E-state index is 4.80. The molecule has 6 aromatic rings. The Morgan fingerprint density at radius 1 is 0.556 bits per heavy atom. The van der Waals surface area contributed by atoms with Gasteiger partial charge in [0.15, 0.2) is 0 Å². The number of nitrogens with zero attached hydrogens (tertiary/aromatic N) is 1. The van der Waals surface area contributed by atoms with Gasteiger partial charge in [0, 0.05) is 18.0 Å². The first kappa shape index (κ1) is 30.6. The van der Waals surface area contributed by atoms with Crippen LogP contribution < -0.4 is 11.0 Å². The number of hydrogen-bond acceptors (Lipinski definition) is 4. The first-order valence-electron chi connectivity index (χ1n) is 15.6. The van der Waals surface area contributed by atoms with E-state index in [-0.39, 0.29) is 6.04 Å².